The second-order valence-corrected chi connectivity index (χ2v) is 8.42. The number of nitrogens with one attached hydrogen (secondary N) is 3. The highest BCUT2D eigenvalue weighted by atomic mass is 127. The minimum atomic E-state index is -0.958. The fourth-order valence-corrected chi connectivity index (χ4v) is 3.68. The highest BCUT2D eigenvalue weighted by Gasteiger charge is 2.15. The molecule has 12 heteroatoms. The Balaban J connectivity index is 1.56. The zero-order chi connectivity index (χ0) is 26.8. The molecule has 0 fully saturated rings. The van der Waals surface area contributed by atoms with Crippen LogP contribution >= 0.6 is 22.6 Å². The van der Waals surface area contributed by atoms with E-state index in [1.165, 1.54) is 44.7 Å². The number of carbonyl (C=O) groups is 3. The minimum absolute atomic E-state index is 0.309. The maximum absolute atomic E-state index is 13.0. The summed E-state index contributed by atoms with van der Waals surface area (Å²) >= 11 is 2.00. The van der Waals surface area contributed by atoms with Crippen LogP contribution in [0, 0.1) is 9.39 Å². The molecule has 0 bridgehead atoms. The molecule has 0 unspecified atom stereocenters. The van der Waals surface area contributed by atoms with E-state index in [1.807, 2.05) is 22.6 Å². The minimum Gasteiger partial charge on any atom is -0.497 e. The summed E-state index contributed by atoms with van der Waals surface area (Å²) in [6.07, 6.45) is 1.33. The average molecular weight is 620 g/mol. The predicted molar refractivity (Wildman–Crippen MR) is 144 cm³/mol. The Bertz CT molecular complexity index is 1300. The summed E-state index contributed by atoms with van der Waals surface area (Å²) in [5.41, 5.74) is 3.55. The second kappa shape index (κ2) is 13.2. The van der Waals surface area contributed by atoms with Crippen LogP contribution in [0.1, 0.15) is 5.56 Å². The van der Waals surface area contributed by atoms with Crippen LogP contribution in [0.5, 0.6) is 17.2 Å². The molecule has 192 valence electrons. The van der Waals surface area contributed by atoms with E-state index in [0.29, 0.717) is 37.8 Å². The van der Waals surface area contributed by atoms with Gasteiger partial charge in [-0.05, 0) is 88.8 Å². The van der Waals surface area contributed by atoms with E-state index in [2.05, 4.69) is 21.2 Å². The van der Waals surface area contributed by atoms with E-state index in [1.54, 1.807) is 36.4 Å². The standard InChI is InChI=1S/C25H22FIN4O6/c1-35-19-9-7-18(8-10-19)30-24(33)25(34)31-28-13-15-11-20(27)23(21(12-15)36-2)37-14-22(32)29-17-5-3-16(26)4-6-17/h3-13H,14H2,1-2H3,(H,29,32)(H,30,33)(H,31,34)/b28-13-. The number of hydrazone groups is 1. The van der Waals surface area contributed by atoms with Crippen molar-refractivity contribution < 1.29 is 33.0 Å². The number of halogens is 2. The van der Waals surface area contributed by atoms with Crippen molar-refractivity contribution in [2.75, 3.05) is 31.5 Å². The van der Waals surface area contributed by atoms with Crippen molar-refractivity contribution in [3.8, 4) is 17.2 Å². The molecular weight excluding hydrogens is 598 g/mol. The van der Waals surface area contributed by atoms with Gasteiger partial charge in [-0.25, -0.2) is 9.82 Å². The molecule has 3 N–H and O–H groups in total. The zero-order valence-electron chi connectivity index (χ0n) is 19.7. The summed E-state index contributed by atoms with van der Waals surface area (Å²) in [5.74, 6) is -1.43. The molecular formula is C25H22FIN4O6. The SMILES string of the molecule is COc1ccc(NC(=O)C(=O)N/N=C\c2cc(I)c(OCC(=O)Nc3ccc(F)cc3)c(OC)c2)cc1. The first-order chi connectivity index (χ1) is 17.8. The second-order valence-electron chi connectivity index (χ2n) is 7.26. The van der Waals surface area contributed by atoms with Gasteiger partial charge >= 0.3 is 11.8 Å². The maximum atomic E-state index is 13.0. The molecule has 3 rings (SSSR count). The third-order valence-corrected chi connectivity index (χ3v) is 5.46. The number of carbonyl (C=O) groups excluding carboxylic acids is 3. The van der Waals surface area contributed by atoms with E-state index < -0.39 is 23.5 Å². The van der Waals surface area contributed by atoms with Crippen molar-refractivity contribution in [3.05, 3.63) is 75.6 Å². The number of anilines is 2. The monoisotopic (exact) mass is 620 g/mol. The molecule has 0 atom stereocenters. The van der Waals surface area contributed by atoms with E-state index in [0.717, 1.165) is 0 Å². The van der Waals surface area contributed by atoms with Gasteiger partial charge in [-0.15, -0.1) is 0 Å². The van der Waals surface area contributed by atoms with Crippen LogP contribution < -0.4 is 30.3 Å². The molecule has 0 aliphatic heterocycles. The van der Waals surface area contributed by atoms with Crippen molar-refractivity contribution >= 4 is 57.9 Å². The van der Waals surface area contributed by atoms with E-state index in [4.69, 9.17) is 14.2 Å². The van der Waals surface area contributed by atoms with Gasteiger partial charge in [0.1, 0.15) is 11.6 Å². The Hall–Kier alpha value is -4.20. The van der Waals surface area contributed by atoms with Crippen molar-refractivity contribution in [1.82, 2.24) is 5.43 Å². The molecule has 0 radical (unpaired) electrons. The van der Waals surface area contributed by atoms with Crippen LogP contribution in [0.15, 0.2) is 65.8 Å². The summed E-state index contributed by atoms with van der Waals surface area (Å²) in [6.45, 7) is -0.309. The van der Waals surface area contributed by atoms with Gasteiger partial charge in [0.05, 0.1) is 24.0 Å². The van der Waals surface area contributed by atoms with Crippen LogP contribution in [0.4, 0.5) is 15.8 Å². The number of hydrogen-bond donors (Lipinski definition) is 3. The van der Waals surface area contributed by atoms with Crippen LogP contribution in [0.3, 0.4) is 0 Å². The molecule has 0 heterocycles. The molecule has 3 aromatic rings. The van der Waals surface area contributed by atoms with Crippen LogP contribution in [0.25, 0.3) is 0 Å². The molecule has 0 spiro atoms. The Morgan fingerprint density at radius 1 is 0.919 bits per heavy atom. The molecule has 0 aliphatic rings. The number of methoxy groups -OCH3 is 2. The van der Waals surface area contributed by atoms with Gasteiger partial charge in [-0.1, -0.05) is 0 Å². The Morgan fingerprint density at radius 3 is 2.22 bits per heavy atom. The summed E-state index contributed by atoms with van der Waals surface area (Å²) in [7, 11) is 2.95. The quantitative estimate of drug-likeness (QED) is 0.145. The number of hydrogen-bond acceptors (Lipinski definition) is 7. The zero-order valence-corrected chi connectivity index (χ0v) is 21.9. The third-order valence-electron chi connectivity index (χ3n) is 4.66. The van der Waals surface area contributed by atoms with Crippen LogP contribution in [0.2, 0.25) is 0 Å². The lowest BCUT2D eigenvalue weighted by Gasteiger charge is -2.13. The van der Waals surface area contributed by atoms with E-state index in [-0.39, 0.29) is 6.61 Å². The Morgan fingerprint density at radius 2 is 1.57 bits per heavy atom. The number of rotatable bonds is 9. The molecule has 3 amide bonds. The lowest BCUT2D eigenvalue weighted by atomic mass is 10.2. The summed E-state index contributed by atoms with van der Waals surface area (Å²) in [5, 5.41) is 8.86. The van der Waals surface area contributed by atoms with Gasteiger partial charge in [-0.3, -0.25) is 14.4 Å². The molecule has 0 aliphatic carbocycles. The van der Waals surface area contributed by atoms with E-state index >= 15 is 0 Å². The fraction of sp³-hybridized carbons (Fsp3) is 0.120. The van der Waals surface area contributed by atoms with Crippen molar-refractivity contribution in [3.63, 3.8) is 0 Å². The van der Waals surface area contributed by atoms with Crippen LogP contribution in [-0.4, -0.2) is 44.8 Å². The summed E-state index contributed by atoms with van der Waals surface area (Å²) in [4.78, 5) is 36.3. The number of ether oxygens (including phenoxy) is 3. The van der Waals surface area contributed by atoms with Crippen molar-refractivity contribution in [1.29, 1.82) is 0 Å². The first-order valence-electron chi connectivity index (χ1n) is 10.6. The smallest absolute Gasteiger partial charge is 0.329 e. The Labute approximate surface area is 225 Å². The topological polar surface area (TPSA) is 127 Å². The van der Waals surface area contributed by atoms with E-state index in [9.17, 15) is 18.8 Å². The first-order valence-corrected chi connectivity index (χ1v) is 11.7. The molecule has 0 aromatic heterocycles. The predicted octanol–water partition coefficient (Wildman–Crippen LogP) is 3.55. The largest absolute Gasteiger partial charge is 0.497 e. The Kier molecular flexibility index (Phi) is 9.77. The van der Waals surface area contributed by atoms with Gasteiger partial charge in [0.15, 0.2) is 18.1 Å². The lowest BCUT2D eigenvalue weighted by Crippen LogP contribution is -2.32. The molecule has 10 nitrogen and oxygen atoms in total. The first kappa shape index (κ1) is 27.4. The highest BCUT2D eigenvalue weighted by Crippen LogP contribution is 2.33. The lowest BCUT2D eigenvalue weighted by molar-refractivity contribution is -0.136. The third kappa shape index (κ3) is 8.17. The molecule has 3 aromatic carbocycles. The van der Waals surface area contributed by atoms with Crippen molar-refractivity contribution in [2.45, 2.75) is 0 Å². The van der Waals surface area contributed by atoms with Crippen LogP contribution in [-0.2, 0) is 14.4 Å². The summed E-state index contributed by atoms with van der Waals surface area (Å²) in [6, 6.07) is 15.1. The van der Waals surface area contributed by atoms with Gasteiger partial charge in [0, 0.05) is 11.4 Å². The maximum Gasteiger partial charge on any atom is 0.329 e. The van der Waals surface area contributed by atoms with Gasteiger partial charge < -0.3 is 24.8 Å². The molecule has 37 heavy (non-hydrogen) atoms. The molecule has 0 saturated heterocycles. The normalized spacial score (nSPS) is 10.5. The molecule has 0 saturated carbocycles. The number of amides is 3. The number of benzene rings is 3. The fourth-order valence-electron chi connectivity index (χ4n) is 2.90. The van der Waals surface area contributed by atoms with Gasteiger partial charge in [-0.2, -0.15) is 5.10 Å². The summed E-state index contributed by atoms with van der Waals surface area (Å²) < 4.78 is 29.6. The average Bonchev–Trinajstić information content (AvgIpc) is 2.89. The highest BCUT2D eigenvalue weighted by molar-refractivity contribution is 14.1. The van der Waals surface area contributed by atoms with Gasteiger partial charge in [0.25, 0.3) is 5.91 Å². The van der Waals surface area contributed by atoms with Crippen molar-refractivity contribution in [2.24, 2.45) is 5.10 Å². The van der Waals surface area contributed by atoms with Gasteiger partial charge in [0.2, 0.25) is 0 Å². The number of nitrogens with zero attached hydrogens (tertiary/aromatic N) is 1.